The molecule has 21 heavy (non-hydrogen) atoms. The highest BCUT2D eigenvalue weighted by Gasteiger charge is 2.14. The predicted molar refractivity (Wildman–Crippen MR) is 83.3 cm³/mol. The number of hydrogen-bond acceptors (Lipinski definition) is 4. The van der Waals surface area contributed by atoms with Crippen molar-refractivity contribution < 1.29 is 9.84 Å². The van der Waals surface area contributed by atoms with Gasteiger partial charge in [-0.3, -0.25) is 4.98 Å². The fourth-order valence-electron chi connectivity index (χ4n) is 1.98. The van der Waals surface area contributed by atoms with Crippen LogP contribution in [-0.2, 0) is 13.1 Å². The van der Waals surface area contributed by atoms with Crippen LogP contribution in [0.5, 0.6) is 11.5 Å². The highest BCUT2D eigenvalue weighted by atomic mass is 16.5. The van der Waals surface area contributed by atoms with Crippen LogP contribution in [-0.4, -0.2) is 15.7 Å². The van der Waals surface area contributed by atoms with Gasteiger partial charge in [-0.15, -0.1) is 0 Å². The topological polar surface area (TPSA) is 54.4 Å². The summed E-state index contributed by atoms with van der Waals surface area (Å²) in [5, 5.41) is 13.0. The molecule has 0 amide bonds. The summed E-state index contributed by atoms with van der Waals surface area (Å²) < 4.78 is 5.93. The van der Waals surface area contributed by atoms with Gasteiger partial charge in [-0.05, 0) is 56.7 Å². The van der Waals surface area contributed by atoms with Gasteiger partial charge in [0.25, 0.3) is 0 Å². The summed E-state index contributed by atoms with van der Waals surface area (Å²) in [5.41, 5.74) is 1.85. The number of aromatic nitrogens is 1. The Hall–Kier alpha value is -2.07. The Bertz CT molecular complexity index is 577. The molecule has 1 aromatic heterocycles. The Morgan fingerprint density at radius 2 is 1.81 bits per heavy atom. The van der Waals surface area contributed by atoms with Crippen molar-refractivity contribution in [3.8, 4) is 11.5 Å². The van der Waals surface area contributed by atoms with Crippen LogP contribution in [0.15, 0.2) is 42.7 Å². The highest BCUT2D eigenvalue weighted by Crippen LogP contribution is 2.26. The molecule has 0 aliphatic heterocycles. The van der Waals surface area contributed by atoms with Crippen LogP contribution >= 0.6 is 0 Å². The van der Waals surface area contributed by atoms with Gasteiger partial charge >= 0.3 is 0 Å². The van der Waals surface area contributed by atoms with E-state index in [9.17, 15) is 5.11 Å². The van der Waals surface area contributed by atoms with E-state index in [0.29, 0.717) is 6.54 Å². The molecule has 0 bridgehead atoms. The normalized spacial score (nSPS) is 11.4. The Kier molecular flexibility index (Phi) is 4.81. The number of nitrogens with zero attached hydrogens (tertiary/aromatic N) is 1. The molecule has 0 saturated carbocycles. The molecular weight excluding hydrogens is 264 g/mol. The second-order valence-corrected chi connectivity index (χ2v) is 5.97. The molecule has 0 aliphatic rings. The van der Waals surface area contributed by atoms with Gasteiger partial charge in [-0.25, -0.2) is 0 Å². The minimum atomic E-state index is -0.267. The minimum absolute atomic E-state index is 0.247. The summed E-state index contributed by atoms with van der Waals surface area (Å²) in [4.78, 5) is 4.00. The molecule has 112 valence electrons. The van der Waals surface area contributed by atoms with Crippen molar-refractivity contribution in [1.29, 1.82) is 0 Å². The molecule has 2 N–H and O–H groups in total. The van der Waals surface area contributed by atoms with Gasteiger partial charge in [-0.1, -0.05) is 0 Å². The van der Waals surface area contributed by atoms with Crippen LogP contribution in [0.3, 0.4) is 0 Å². The van der Waals surface area contributed by atoms with Crippen molar-refractivity contribution in [2.24, 2.45) is 0 Å². The molecule has 0 saturated heterocycles. The number of rotatable bonds is 5. The zero-order chi connectivity index (χ0) is 15.3. The first-order valence-electron chi connectivity index (χ1n) is 7.04. The molecule has 2 rings (SSSR count). The summed E-state index contributed by atoms with van der Waals surface area (Å²) in [5.74, 6) is 1.04. The summed E-state index contributed by atoms with van der Waals surface area (Å²) in [7, 11) is 0. The molecule has 0 atom stereocenters. The maximum Gasteiger partial charge on any atom is 0.124 e. The largest absolute Gasteiger partial charge is 0.508 e. The summed E-state index contributed by atoms with van der Waals surface area (Å²) in [6.45, 7) is 7.39. The van der Waals surface area contributed by atoms with Crippen LogP contribution in [0.1, 0.15) is 31.9 Å². The van der Waals surface area contributed by atoms with Gasteiger partial charge in [0.1, 0.15) is 17.1 Å². The first kappa shape index (κ1) is 15.3. The van der Waals surface area contributed by atoms with E-state index in [-0.39, 0.29) is 11.4 Å². The summed E-state index contributed by atoms with van der Waals surface area (Å²) >= 11 is 0. The predicted octanol–water partition coefficient (Wildman–Crippen LogP) is 3.25. The zero-order valence-electron chi connectivity index (χ0n) is 12.8. The van der Waals surface area contributed by atoms with Crippen molar-refractivity contribution in [2.75, 3.05) is 0 Å². The van der Waals surface area contributed by atoms with E-state index < -0.39 is 0 Å². The Labute approximate surface area is 125 Å². The Morgan fingerprint density at radius 3 is 2.48 bits per heavy atom. The number of benzene rings is 1. The van der Waals surface area contributed by atoms with E-state index in [0.717, 1.165) is 17.9 Å². The Morgan fingerprint density at radius 1 is 1.10 bits per heavy atom. The number of hydrogen-bond donors (Lipinski definition) is 2. The third-order valence-corrected chi connectivity index (χ3v) is 2.85. The number of phenolic OH excluding ortho intramolecular Hbond substituents is 1. The standard InChI is InChI=1S/C17H22N2O2/c1-17(2,3)21-16-5-4-15(20)10-14(16)12-19-11-13-6-8-18-9-7-13/h4-10,19-20H,11-12H2,1-3H3. The van der Waals surface area contributed by atoms with Crippen LogP contribution in [0.25, 0.3) is 0 Å². The highest BCUT2D eigenvalue weighted by molar-refractivity contribution is 5.40. The molecule has 1 heterocycles. The fourth-order valence-corrected chi connectivity index (χ4v) is 1.98. The number of phenols is 1. The zero-order valence-corrected chi connectivity index (χ0v) is 12.8. The SMILES string of the molecule is CC(C)(C)Oc1ccc(O)cc1CNCc1ccncc1. The lowest BCUT2D eigenvalue weighted by Gasteiger charge is -2.23. The number of ether oxygens (including phenoxy) is 1. The third-order valence-electron chi connectivity index (χ3n) is 2.85. The van der Waals surface area contributed by atoms with Crippen LogP contribution in [0, 0.1) is 0 Å². The van der Waals surface area contributed by atoms with Gasteiger partial charge in [0.15, 0.2) is 0 Å². The van der Waals surface area contributed by atoms with Gasteiger partial charge in [-0.2, -0.15) is 0 Å². The third kappa shape index (κ3) is 5.08. The molecule has 0 fully saturated rings. The van der Waals surface area contributed by atoms with Crippen molar-refractivity contribution in [3.63, 3.8) is 0 Å². The van der Waals surface area contributed by atoms with Crippen molar-refractivity contribution in [3.05, 3.63) is 53.9 Å². The lowest BCUT2D eigenvalue weighted by Crippen LogP contribution is -2.24. The van der Waals surface area contributed by atoms with Crippen molar-refractivity contribution in [2.45, 2.75) is 39.5 Å². The summed E-state index contributed by atoms with van der Waals surface area (Å²) in [6, 6.07) is 9.14. The van der Waals surface area contributed by atoms with Gasteiger partial charge < -0.3 is 15.2 Å². The van der Waals surface area contributed by atoms with E-state index in [2.05, 4.69) is 10.3 Å². The summed E-state index contributed by atoms with van der Waals surface area (Å²) in [6.07, 6.45) is 3.55. The van der Waals surface area contributed by atoms with E-state index >= 15 is 0 Å². The second kappa shape index (κ2) is 6.59. The number of nitrogens with one attached hydrogen (secondary N) is 1. The average molecular weight is 286 g/mol. The van der Waals surface area contributed by atoms with Crippen LogP contribution < -0.4 is 10.1 Å². The quantitative estimate of drug-likeness (QED) is 0.886. The van der Waals surface area contributed by atoms with Crippen LogP contribution in [0.2, 0.25) is 0 Å². The van der Waals surface area contributed by atoms with Gasteiger partial charge in [0.2, 0.25) is 0 Å². The molecule has 0 radical (unpaired) electrons. The Balaban J connectivity index is 2.03. The monoisotopic (exact) mass is 286 g/mol. The van der Waals surface area contributed by atoms with Crippen molar-refractivity contribution in [1.82, 2.24) is 10.3 Å². The van der Waals surface area contributed by atoms with E-state index in [1.165, 1.54) is 5.56 Å². The molecule has 0 unspecified atom stereocenters. The molecule has 0 aliphatic carbocycles. The first-order chi connectivity index (χ1) is 9.94. The maximum absolute atomic E-state index is 9.66. The molecular formula is C17H22N2O2. The fraction of sp³-hybridized carbons (Fsp3) is 0.353. The minimum Gasteiger partial charge on any atom is -0.508 e. The average Bonchev–Trinajstić information content (AvgIpc) is 2.42. The molecule has 0 spiro atoms. The molecule has 2 aromatic rings. The number of pyridine rings is 1. The van der Waals surface area contributed by atoms with E-state index in [4.69, 9.17) is 4.74 Å². The van der Waals surface area contributed by atoms with Gasteiger partial charge in [0.05, 0.1) is 0 Å². The molecule has 4 heteroatoms. The lowest BCUT2D eigenvalue weighted by atomic mass is 10.1. The van der Waals surface area contributed by atoms with Crippen LogP contribution in [0.4, 0.5) is 0 Å². The number of aromatic hydroxyl groups is 1. The molecule has 1 aromatic carbocycles. The first-order valence-corrected chi connectivity index (χ1v) is 7.04. The van der Waals surface area contributed by atoms with E-state index in [1.54, 1.807) is 24.5 Å². The molecule has 4 nitrogen and oxygen atoms in total. The van der Waals surface area contributed by atoms with Crippen molar-refractivity contribution >= 4 is 0 Å². The maximum atomic E-state index is 9.66. The smallest absolute Gasteiger partial charge is 0.124 e. The van der Waals surface area contributed by atoms with Gasteiger partial charge in [0, 0.05) is 31.0 Å². The lowest BCUT2D eigenvalue weighted by molar-refractivity contribution is 0.129. The second-order valence-electron chi connectivity index (χ2n) is 5.97. The van der Waals surface area contributed by atoms with E-state index in [1.807, 2.05) is 39.0 Å².